The lowest BCUT2D eigenvalue weighted by molar-refractivity contribution is -0.0197. The van der Waals surface area contributed by atoms with Crippen molar-refractivity contribution < 1.29 is 4.74 Å². The number of nitrogens with two attached hydrogens (primary N) is 1. The minimum Gasteiger partial charge on any atom is -0.369 e. The Labute approximate surface area is 124 Å². The standard InChI is InChI=1S/C18H31NO/c1-5-6-7-8-12-15(3)20-18(16(4)19)17-13-10-9-11-14(17)2/h9-11,13,15-16,18H,5-8,12,19H2,1-4H3. The number of rotatable bonds is 9. The van der Waals surface area contributed by atoms with Crippen molar-refractivity contribution in [3.05, 3.63) is 35.4 Å². The van der Waals surface area contributed by atoms with E-state index in [1.54, 1.807) is 0 Å². The second kappa shape index (κ2) is 9.15. The van der Waals surface area contributed by atoms with Gasteiger partial charge in [0.05, 0.1) is 12.2 Å². The molecule has 2 N–H and O–H groups in total. The Kier molecular flexibility index (Phi) is 7.86. The van der Waals surface area contributed by atoms with Gasteiger partial charge in [0.1, 0.15) is 0 Å². The van der Waals surface area contributed by atoms with Gasteiger partial charge in [-0.25, -0.2) is 0 Å². The number of ether oxygens (including phenoxy) is 1. The van der Waals surface area contributed by atoms with Gasteiger partial charge in [0.15, 0.2) is 0 Å². The van der Waals surface area contributed by atoms with E-state index in [9.17, 15) is 0 Å². The topological polar surface area (TPSA) is 35.2 Å². The van der Waals surface area contributed by atoms with Crippen LogP contribution in [0.5, 0.6) is 0 Å². The van der Waals surface area contributed by atoms with Crippen LogP contribution >= 0.6 is 0 Å². The van der Waals surface area contributed by atoms with Crippen LogP contribution in [0.2, 0.25) is 0 Å². The molecule has 2 heteroatoms. The molecule has 0 aromatic heterocycles. The lowest BCUT2D eigenvalue weighted by Gasteiger charge is -2.27. The van der Waals surface area contributed by atoms with E-state index in [1.807, 2.05) is 6.92 Å². The maximum Gasteiger partial charge on any atom is 0.0979 e. The van der Waals surface area contributed by atoms with E-state index in [2.05, 4.69) is 45.0 Å². The highest BCUT2D eigenvalue weighted by atomic mass is 16.5. The van der Waals surface area contributed by atoms with Crippen LogP contribution in [0.1, 0.15) is 70.1 Å². The first-order chi connectivity index (χ1) is 9.56. The van der Waals surface area contributed by atoms with E-state index in [4.69, 9.17) is 10.5 Å². The lowest BCUT2D eigenvalue weighted by Crippen LogP contribution is -2.30. The first kappa shape index (κ1) is 17.2. The average Bonchev–Trinajstić information content (AvgIpc) is 2.42. The molecule has 3 unspecified atom stereocenters. The van der Waals surface area contributed by atoms with Gasteiger partial charge in [0.2, 0.25) is 0 Å². The molecule has 0 radical (unpaired) electrons. The third-order valence-corrected chi connectivity index (χ3v) is 3.82. The molecule has 0 aliphatic heterocycles. The van der Waals surface area contributed by atoms with Crippen LogP contribution in [0.3, 0.4) is 0 Å². The highest BCUT2D eigenvalue weighted by Crippen LogP contribution is 2.26. The minimum absolute atomic E-state index is 0.00243. The van der Waals surface area contributed by atoms with Crippen molar-refractivity contribution in [2.75, 3.05) is 0 Å². The Morgan fingerprint density at radius 2 is 1.80 bits per heavy atom. The summed E-state index contributed by atoms with van der Waals surface area (Å²) < 4.78 is 6.23. The summed E-state index contributed by atoms with van der Waals surface area (Å²) in [4.78, 5) is 0. The normalized spacial score (nSPS) is 15.8. The first-order valence-corrected chi connectivity index (χ1v) is 8.02. The molecule has 20 heavy (non-hydrogen) atoms. The van der Waals surface area contributed by atoms with Crippen molar-refractivity contribution in [3.8, 4) is 0 Å². The third kappa shape index (κ3) is 5.64. The average molecular weight is 277 g/mol. The molecule has 0 amide bonds. The van der Waals surface area contributed by atoms with Crippen LogP contribution in [0.15, 0.2) is 24.3 Å². The van der Waals surface area contributed by atoms with E-state index < -0.39 is 0 Å². The van der Waals surface area contributed by atoms with Crippen molar-refractivity contribution >= 4 is 0 Å². The molecule has 0 aliphatic rings. The molecule has 114 valence electrons. The molecule has 3 atom stereocenters. The molecule has 1 aromatic carbocycles. The van der Waals surface area contributed by atoms with Gasteiger partial charge in [0, 0.05) is 6.04 Å². The molecule has 0 bridgehead atoms. The molecule has 1 rings (SSSR count). The first-order valence-electron chi connectivity index (χ1n) is 8.02. The summed E-state index contributed by atoms with van der Waals surface area (Å²) in [5.41, 5.74) is 8.62. The molecule has 2 nitrogen and oxygen atoms in total. The Hall–Kier alpha value is -0.860. The number of aryl methyl sites for hydroxylation is 1. The monoisotopic (exact) mass is 277 g/mol. The summed E-state index contributed by atoms with van der Waals surface area (Å²) in [7, 11) is 0. The zero-order chi connectivity index (χ0) is 15.0. The van der Waals surface area contributed by atoms with Gasteiger partial charge in [0.25, 0.3) is 0 Å². The number of hydrogen-bond acceptors (Lipinski definition) is 2. The predicted molar refractivity (Wildman–Crippen MR) is 86.9 cm³/mol. The smallest absolute Gasteiger partial charge is 0.0979 e. The van der Waals surface area contributed by atoms with Gasteiger partial charge in [-0.2, -0.15) is 0 Å². The highest BCUT2D eigenvalue weighted by Gasteiger charge is 2.21. The van der Waals surface area contributed by atoms with E-state index in [0.29, 0.717) is 0 Å². The van der Waals surface area contributed by atoms with Crippen molar-refractivity contribution in [1.29, 1.82) is 0 Å². The number of benzene rings is 1. The maximum atomic E-state index is 6.23. The van der Waals surface area contributed by atoms with Gasteiger partial charge in [-0.1, -0.05) is 56.9 Å². The second-order valence-electron chi connectivity index (χ2n) is 5.93. The van der Waals surface area contributed by atoms with Crippen LogP contribution in [-0.2, 0) is 4.74 Å². The third-order valence-electron chi connectivity index (χ3n) is 3.82. The molecular weight excluding hydrogens is 246 g/mol. The molecule has 0 aliphatic carbocycles. The number of hydrogen-bond donors (Lipinski definition) is 1. The van der Waals surface area contributed by atoms with Crippen LogP contribution < -0.4 is 5.73 Å². The van der Waals surface area contributed by atoms with Crippen LogP contribution in [0.25, 0.3) is 0 Å². The zero-order valence-electron chi connectivity index (χ0n) is 13.6. The Balaban J connectivity index is 2.57. The fourth-order valence-electron chi connectivity index (χ4n) is 2.56. The maximum absolute atomic E-state index is 6.23. The molecule has 1 aromatic rings. The SMILES string of the molecule is CCCCCCC(C)OC(c1ccccc1C)C(C)N. The minimum atomic E-state index is -0.00243. The summed E-state index contributed by atoms with van der Waals surface area (Å²) in [5.74, 6) is 0. The summed E-state index contributed by atoms with van der Waals surface area (Å²) in [6, 6.07) is 8.39. The van der Waals surface area contributed by atoms with E-state index in [1.165, 1.54) is 36.8 Å². The van der Waals surface area contributed by atoms with Crippen LogP contribution in [-0.4, -0.2) is 12.1 Å². The van der Waals surface area contributed by atoms with Gasteiger partial charge in [-0.3, -0.25) is 0 Å². The summed E-state index contributed by atoms with van der Waals surface area (Å²) in [6.07, 6.45) is 6.53. The molecule has 0 spiro atoms. The Bertz CT molecular complexity index is 375. The fraction of sp³-hybridized carbons (Fsp3) is 0.667. The van der Waals surface area contributed by atoms with Gasteiger partial charge in [-0.05, 0) is 38.3 Å². The largest absolute Gasteiger partial charge is 0.369 e. The van der Waals surface area contributed by atoms with Crippen molar-refractivity contribution in [3.63, 3.8) is 0 Å². The van der Waals surface area contributed by atoms with Gasteiger partial charge in [-0.15, -0.1) is 0 Å². The molecule has 0 heterocycles. The summed E-state index contributed by atoms with van der Waals surface area (Å²) >= 11 is 0. The Morgan fingerprint density at radius 3 is 2.40 bits per heavy atom. The molecular formula is C18H31NO. The van der Waals surface area contributed by atoms with E-state index in [0.717, 1.165) is 6.42 Å². The van der Waals surface area contributed by atoms with Crippen molar-refractivity contribution in [2.24, 2.45) is 5.73 Å². The van der Waals surface area contributed by atoms with Crippen LogP contribution in [0.4, 0.5) is 0 Å². The van der Waals surface area contributed by atoms with Crippen molar-refractivity contribution in [1.82, 2.24) is 0 Å². The summed E-state index contributed by atoms with van der Waals surface area (Å²) in [6.45, 7) is 8.56. The van der Waals surface area contributed by atoms with Gasteiger partial charge < -0.3 is 10.5 Å². The second-order valence-corrected chi connectivity index (χ2v) is 5.93. The van der Waals surface area contributed by atoms with E-state index >= 15 is 0 Å². The van der Waals surface area contributed by atoms with Gasteiger partial charge >= 0.3 is 0 Å². The van der Waals surface area contributed by atoms with E-state index in [-0.39, 0.29) is 18.2 Å². The molecule has 0 saturated carbocycles. The predicted octanol–water partition coefficient (Wildman–Crippen LogP) is 4.76. The molecule has 0 fully saturated rings. The van der Waals surface area contributed by atoms with Crippen LogP contribution in [0, 0.1) is 6.92 Å². The van der Waals surface area contributed by atoms with Crippen molar-refractivity contribution in [2.45, 2.75) is 78.0 Å². The quantitative estimate of drug-likeness (QED) is 0.661. The molecule has 0 saturated heterocycles. The summed E-state index contributed by atoms with van der Waals surface area (Å²) in [5, 5.41) is 0. The Morgan fingerprint density at radius 1 is 1.10 bits per heavy atom. The zero-order valence-corrected chi connectivity index (χ0v) is 13.6. The highest BCUT2D eigenvalue weighted by molar-refractivity contribution is 5.28. The lowest BCUT2D eigenvalue weighted by atomic mass is 9.98. The number of unbranched alkanes of at least 4 members (excludes halogenated alkanes) is 3. The fourth-order valence-corrected chi connectivity index (χ4v) is 2.56.